The zero-order valence-corrected chi connectivity index (χ0v) is 24.3. The normalized spacial score (nSPS) is 12.5. The molecule has 0 spiro atoms. The molecule has 1 unspecified atom stereocenters. The summed E-state index contributed by atoms with van der Waals surface area (Å²) in [4.78, 5) is 14.2. The van der Waals surface area contributed by atoms with Crippen LogP contribution in [0.15, 0.2) is 0 Å². The van der Waals surface area contributed by atoms with Gasteiger partial charge in [-0.05, 0) is 26.4 Å². The highest BCUT2D eigenvalue weighted by Crippen LogP contribution is 2.24. The predicted octanol–water partition coefficient (Wildman–Crippen LogP) is 10.5. The second-order valence-corrected chi connectivity index (χ2v) is 11.5. The summed E-state index contributed by atoms with van der Waals surface area (Å²) < 4.78 is 0. The summed E-state index contributed by atoms with van der Waals surface area (Å²) in [5.74, 6) is 1.20. The standard InChI is InChI=1S/C32H65NO/c1-5-7-9-11-13-15-16-17-19-21-23-25-27-31(28-29-32(34)30-33(3)4)26-24-22-20-18-14-12-10-8-6-2/h31H,5-30H2,1-4H3. The van der Waals surface area contributed by atoms with Crippen molar-refractivity contribution >= 4 is 5.78 Å². The first-order valence-electron chi connectivity index (χ1n) is 15.8. The van der Waals surface area contributed by atoms with E-state index in [0.717, 1.165) is 18.8 Å². The number of hydrogen-bond acceptors (Lipinski definition) is 2. The summed E-state index contributed by atoms with van der Waals surface area (Å²) in [5.41, 5.74) is 0. The molecule has 0 saturated carbocycles. The molecule has 0 aliphatic carbocycles. The molecule has 1 atom stereocenters. The predicted molar refractivity (Wildman–Crippen MR) is 154 cm³/mol. The fourth-order valence-electron chi connectivity index (χ4n) is 5.25. The summed E-state index contributed by atoms with van der Waals surface area (Å²) in [6.45, 7) is 5.20. The number of unbranched alkanes of at least 4 members (excludes halogenated alkanes) is 19. The maximum atomic E-state index is 12.2. The van der Waals surface area contributed by atoms with Crippen LogP contribution in [0.5, 0.6) is 0 Å². The molecule has 0 amide bonds. The zero-order valence-electron chi connectivity index (χ0n) is 24.3. The van der Waals surface area contributed by atoms with Gasteiger partial charge in [0.15, 0.2) is 0 Å². The highest BCUT2D eigenvalue weighted by atomic mass is 16.1. The van der Waals surface area contributed by atoms with Gasteiger partial charge in [0.2, 0.25) is 0 Å². The van der Waals surface area contributed by atoms with Gasteiger partial charge in [0.1, 0.15) is 5.78 Å². The summed E-state index contributed by atoms with van der Waals surface area (Å²) in [5, 5.41) is 0. The number of rotatable bonds is 28. The maximum Gasteiger partial charge on any atom is 0.146 e. The van der Waals surface area contributed by atoms with Gasteiger partial charge in [-0.15, -0.1) is 0 Å². The lowest BCUT2D eigenvalue weighted by molar-refractivity contribution is -0.120. The highest BCUT2D eigenvalue weighted by molar-refractivity contribution is 5.80. The Labute approximate surface area is 216 Å². The molecular weight excluding hydrogens is 414 g/mol. The van der Waals surface area contributed by atoms with Crippen LogP contribution in [-0.2, 0) is 4.79 Å². The van der Waals surface area contributed by atoms with E-state index in [4.69, 9.17) is 0 Å². The van der Waals surface area contributed by atoms with Gasteiger partial charge in [0.05, 0.1) is 6.54 Å². The van der Waals surface area contributed by atoms with Gasteiger partial charge in [-0.1, -0.05) is 162 Å². The maximum absolute atomic E-state index is 12.2. The van der Waals surface area contributed by atoms with E-state index < -0.39 is 0 Å². The molecule has 204 valence electrons. The Hall–Kier alpha value is -0.370. The molecule has 0 aromatic heterocycles. The van der Waals surface area contributed by atoms with Crippen LogP contribution >= 0.6 is 0 Å². The minimum Gasteiger partial charge on any atom is -0.302 e. The molecule has 2 nitrogen and oxygen atoms in total. The van der Waals surface area contributed by atoms with Crippen molar-refractivity contribution in [2.24, 2.45) is 5.92 Å². The Morgan fingerprint density at radius 2 is 0.824 bits per heavy atom. The van der Waals surface area contributed by atoms with E-state index in [0.29, 0.717) is 12.3 Å². The van der Waals surface area contributed by atoms with Gasteiger partial charge in [0, 0.05) is 6.42 Å². The number of ketones is 1. The minimum atomic E-state index is 0.428. The number of carbonyl (C=O) groups is 1. The van der Waals surface area contributed by atoms with Crippen LogP contribution in [-0.4, -0.2) is 31.3 Å². The van der Waals surface area contributed by atoms with Gasteiger partial charge in [0.25, 0.3) is 0 Å². The molecule has 0 fully saturated rings. The van der Waals surface area contributed by atoms with Crippen molar-refractivity contribution in [3.63, 3.8) is 0 Å². The minimum absolute atomic E-state index is 0.428. The molecule has 0 radical (unpaired) electrons. The van der Waals surface area contributed by atoms with Gasteiger partial charge in [-0.3, -0.25) is 4.79 Å². The molecule has 0 aromatic rings. The van der Waals surface area contributed by atoms with Crippen LogP contribution in [0.1, 0.15) is 174 Å². The summed E-state index contributed by atoms with van der Waals surface area (Å²) >= 11 is 0. The third-order valence-corrected chi connectivity index (χ3v) is 7.51. The van der Waals surface area contributed by atoms with Crippen LogP contribution in [0.25, 0.3) is 0 Å². The number of carbonyl (C=O) groups excluding carboxylic acids is 1. The Bertz CT molecular complexity index is 406. The van der Waals surface area contributed by atoms with Crippen molar-refractivity contribution < 1.29 is 4.79 Å². The first-order valence-corrected chi connectivity index (χ1v) is 15.8. The molecule has 0 aliphatic heterocycles. The molecule has 0 saturated heterocycles. The van der Waals surface area contributed by atoms with Crippen LogP contribution in [0.3, 0.4) is 0 Å². The largest absolute Gasteiger partial charge is 0.302 e. The van der Waals surface area contributed by atoms with Crippen LogP contribution in [0.4, 0.5) is 0 Å². The first kappa shape index (κ1) is 33.6. The molecule has 34 heavy (non-hydrogen) atoms. The van der Waals surface area contributed by atoms with Crippen molar-refractivity contribution in [1.82, 2.24) is 4.90 Å². The van der Waals surface area contributed by atoms with E-state index in [9.17, 15) is 4.79 Å². The second kappa shape index (κ2) is 27.2. The van der Waals surface area contributed by atoms with Crippen LogP contribution in [0, 0.1) is 5.92 Å². The van der Waals surface area contributed by atoms with Gasteiger partial charge >= 0.3 is 0 Å². The number of likely N-dealkylation sites (N-methyl/N-ethyl adjacent to an activating group) is 1. The van der Waals surface area contributed by atoms with Crippen LogP contribution in [0.2, 0.25) is 0 Å². The Kier molecular flexibility index (Phi) is 26.9. The van der Waals surface area contributed by atoms with Crippen molar-refractivity contribution in [1.29, 1.82) is 0 Å². The number of nitrogens with zero attached hydrogens (tertiary/aromatic N) is 1. The molecule has 0 bridgehead atoms. The molecule has 0 heterocycles. The molecule has 0 aromatic carbocycles. The lowest BCUT2D eigenvalue weighted by atomic mass is 9.89. The fraction of sp³-hybridized carbons (Fsp3) is 0.969. The molecule has 2 heteroatoms. The van der Waals surface area contributed by atoms with Crippen LogP contribution < -0.4 is 0 Å². The topological polar surface area (TPSA) is 20.3 Å². The smallest absolute Gasteiger partial charge is 0.146 e. The first-order chi connectivity index (χ1) is 16.6. The van der Waals surface area contributed by atoms with Crippen molar-refractivity contribution in [2.45, 2.75) is 174 Å². The van der Waals surface area contributed by atoms with Gasteiger partial charge < -0.3 is 4.90 Å². The van der Waals surface area contributed by atoms with E-state index >= 15 is 0 Å². The lowest BCUT2D eigenvalue weighted by Gasteiger charge is -2.17. The monoisotopic (exact) mass is 480 g/mol. The third-order valence-electron chi connectivity index (χ3n) is 7.51. The number of Topliss-reactive ketones (excluding diaryl/α,β-unsaturated/α-hetero) is 1. The van der Waals surface area contributed by atoms with E-state index in [1.54, 1.807) is 0 Å². The Morgan fingerprint density at radius 3 is 1.15 bits per heavy atom. The van der Waals surface area contributed by atoms with Crippen molar-refractivity contribution in [3.05, 3.63) is 0 Å². The van der Waals surface area contributed by atoms with E-state index in [1.807, 2.05) is 19.0 Å². The summed E-state index contributed by atoms with van der Waals surface area (Å²) in [6, 6.07) is 0. The van der Waals surface area contributed by atoms with E-state index in [-0.39, 0.29) is 0 Å². The van der Waals surface area contributed by atoms with Crippen molar-refractivity contribution in [3.8, 4) is 0 Å². The average Bonchev–Trinajstić information content (AvgIpc) is 2.81. The fourth-order valence-corrected chi connectivity index (χ4v) is 5.25. The lowest BCUT2D eigenvalue weighted by Crippen LogP contribution is -2.22. The molecule has 0 aliphatic rings. The summed E-state index contributed by atoms with van der Waals surface area (Å²) in [6.07, 6.45) is 34.4. The van der Waals surface area contributed by atoms with E-state index in [2.05, 4.69) is 13.8 Å². The van der Waals surface area contributed by atoms with Crippen molar-refractivity contribution in [2.75, 3.05) is 20.6 Å². The Morgan fingerprint density at radius 1 is 0.500 bits per heavy atom. The highest BCUT2D eigenvalue weighted by Gasteiger charge is 2.12. The van der Waals surface area contributed by atoms with E-state index in [1.165, 1.54) is 148 Å². The second-order valence-electron chi connectivity index (χ2n) is 11.5. The molecular formula is C32H65NO. The van der Waals surface area contributed by atoms with Gasteiger partial charge in [-0.2, -0.15) is 0 Å². The Balaban J connectivity index is 3.88. The SMILES string of the molecule is CCCCCCCCCCCCCCC(CCCCCCCCCCC)CCC(=O)CN(C)C. The third kappa shape index (κ3) is 26.2. The molecule has 0 rings (SSSR count). The average molecular weight is 480 g/mol. The van der Waals surface area contributed by atoms with Gasteiger partial charge in [-0.25, -0.2) is 0 Å². The summed E-state index contributed by atoms with van der Waals surface area (Å²) in [7, 11) is 4.01. The molecule has 0 N–H and O–H groups in total. The zero-order chi connectivity index (χ0) is 25.1. The quantitative estimate of drug-likeness (QED) is 0.104. The number of hydrogen-bond donors (Lipinski definition) is 0.